The molecule has 0 amide bonds. The summed E-state index contributed by atoms with van der Waals surface area (Å²) in [4.78, 5) is 0. The van der Waals surface area contributed by atoms with E-state index in [1.165, 1.54) is 0 Å². The molecule has 0 atom stereocenters. The molecule has 0 bridgehead atoms. The van der Waals surface area contributed by atoms with Gasteiger partial charge in [0, 0.05) is 9.55 Å². The summed E-state index contributed by atoms with van der Waals surface area (Å²) in [6, 6.07) is 1.09. The Bertz CT molecular complexity index is 287. The first-order valence-electron chi connectivity index (χ1n) is 3.65. The van der Waals surface area contributed by atoms with Crippen molar-refractivity contribution < 1.29 is 30.1 Å². The zero-order valence-electron chi connectivity index (χ0n) is 6.90. The summed E-state index contributed by atoms with van der Waals surface area (Å²) in [5, 5.41) is 52.8. The summed E-state index contributed by atoms with van der Waals surface area (Å²) in [6.45, 7) is 0. The van der Waals surface area contributed by atoms with E-state index in [-0.39, 0.29) is 15.0 Å². The van der Waals surface area contributed by atoms with Gasteiger partial charge in [0.15, 0.2) is 0 Å². The lowest BCUT2D eigenvalue weighted by atomic mass is 9.70. The fourth-order valence-corrected chi connectivity index (χ4v) is 1.90. The molecular weight excluding hydrogens is 209 g/mol. The van der Waals surface area contributed by atoms with Crippen molar-refractivity contribution in [2.45, 2.75) is 0 Å². The molecule has 0 unspecified atom stereocenters. The van der Waals surface area contributed by atoms with Crippen molar-refractivity contribution in [3.8, 4) is 0 Å². The van der Waals surface area contributed by atoms with E-state index in [0.717, 1.165) is 6.07 Å². The Labute approximate surface area is 84.5 Å². The summed E-state index contributed by atoms with van der Waals surface area (Å²) >= 11 is 0.684. The van der Waals surface area contributed by atoms with Crippen LogP contribution in [-0.2, 0) is 0 Å². The van der Waals surface area contributed by atoms with E-state index in [1.54, 1.807) is 0 Å². The molecule has 0 spiro atoms. The highest BCUT2D eigenvalue weighted by molar-refractivity contribution is 7.31. The van der Waals surface area contributed by atoms with Crippen molar-refractivity contribution in [2.24, 2.45) is 0 Å². The van der Waals surface area contributed by atoms with Crippen molar-refractivity contribution in [1.82, 2.24) is 0 Å². The minimum absolute atomic E-state index is 0.0104. The Morgan fingerprint density at radius 1 is 0.857 bits per heavy atom. The van der Waals surface area contributed by atoms with Crippen LogP contribution in [0.25, 0.3) is 0 Å². The average Bonchev–Trinajstić information content (AvgIpc) is 2.47. The number of rotatable bonds is 3. The van der Waals surface area contributed by atoms with Crippen LogP contribution >= 0.6 is 11.3 Å². The highest BCUT2D eigenvalue weighted by atomic mass is 32.1. The maximum atomic E-state index is 8.83. The first-order chi connectivity index (χ1) is 6.43. The summed E-state index contributed by atoms with van der Waals surface area (Å²) < 4.78 is -0.112. The normalized spacial score (nSPS) is 10.1. The van der Waals surface area contributed by atoms with E-state index in [1.807, 2.05) is 0 Å². The molecule has 0 fully saturated rings. The topological polar surface area (TPSA) is 121 Å². The lowest BCUT2D eigenvalue weighted by Crippen LogP contribution is -2.46. The summed E-state index contributed by atoms with van der Waals surface area (Å²) in [7, 11) is -5.52. The van der Waals surface area contributed by atoms with Crippen molar-refractivity contribution in [2.75, 3.05) is 0 Å². The van der Waals surface area contributed by atoms with Crippen LogP contribution in [0.3, 0.4) is 0 Å². The Morgan fingerprint density at radius 2 is 1.43 bits per heavy atom. The molecule has 1 aromatic rings. The van der Waals surface area contributed by atoms with Gasteiger partial charge in [0.2, 0.25) is 0 Å². The third-order valence-corrected chi connectivity index (χ3v) is 2.81. The molecule has 10 heteroatoms. The molecule has 1 rings (SSSR count). The van der Waals surface area contributed by atoms with Gasteiger partial charge in [0.1, 0.15) is 0 Å². The zero-order chi connectivity index (χ0) is 10.9. The first kappa shape index (κ1) is 11.7. The van der Waals surface area contributed by atoms with Crippen LogP contribution in [0.4, 0.5) is 0 Å². The fourth-order valence-electron chi connectivity index (χ4n) is 0.971. The highest BCUT2D eigenvalue weighted by Gasteiger charge is 2.29. The number of thiophene rings is 1. The van der Waals surface area contributed by atoms with Crippen molar-refractivity contribution in [3.05, 3.63) is 6.07 Å². The van der Waals surface area contributed by atoms with Gasteiger partial charge in [-0.25, -0.2) is 0 Å². The van der Waals surface area contributed by atoms with Crippen LogP contribution in [0.2, 0.25) is 0 Å². The smallest absolute Gasteiger partial charge is 0.423 e. The van der Waals surface area contributed by atoms with Crippen LogP contribution in [0.1, 0.15) is 0 Å². The van der Waals surface area contributed by atoms with Gasteiger partial charge in [-0.05, 0) is 5.46 Å². The molecule has 0 saturated carbocycles. The Morgan fingerprint density at radius 3 is 1.71 bits per heavy atom. The molecule has 0 aromatic carbocycles. The van der Waals surface area contributed by atoms with Crippen molar-refractivity contribution >= 4 is 47.7 Å². The van der Waals surface area contributed by atoms with Gasteiger partial charge in [-0.1, -0.05) is 6.07 Å². The van der Waals surface area contributed by atoms with Gasteiger partial charge in [0.05, 0.1) is 0 Å². The molecular formula is C4H7B3O6S. The van der Waals surface area contributed by atoms with E-state index in [2.05, 4.69) is 0 Å². The van der Waals surface area contributed by atoms with Crippen molar-refractivity contribution in [1.29, 1.82) is 0 Å². The van der Waals surface area contributed by atoms with Crippen molar-refractivity contribution in [3.63, 3.8) is 0 Å². The second-order valence-corrected chi connectivity index (χ2v) is 3.70. The van der Waals surface area contributed by atoms with Crippen LogP contribution < -0.4 is 15.0 Å². The van der Waals surface area contributed by atoms with E-state index in [4.69, 9.17) is 30.1 Å². The maximum absolute atomic E-state index is 8.83. The van der Waals surface area contributed by atoms with E-state index >= 15 is 0 Å². The second kappa shape index (κ2) is 4.45. The summed E-state index contributed by atoms with van der Waals surface area (Å²) in [5.74, 6) is 0. The van der Waals surface area contributed by atoms with E-state index in [9.17, 15) is 0 Å². The van der Waals surface area contributed by atoms with Crippen LogP contribution in [0.15, 0.2) is 6.07 Å². The molecule has 0 aliphatic carbocycles. The van der Waals surface area contributed by atoms with Gasteiger partial charge in [-0.2, -0.15) is 11.3 Å². The predicted octanol–water partition coefficient (Wildman–Crippen LogP) is -5.21. The van der Waals surface area contributed by atoms with Gasteiger partial charge >= 0.3 is 21.4 Å². The standard InChI is InChI=1S/C4H7B3O6S/c8-5(9)2-1-3(6(10)11)14-4(2)7(12)13/h1,8-13H. The molecule has 1 heterocycles. The lowest BCUT2D eigenvalue weighted by Gasteiger charge is -1.99. The molecule has 0 radical (unpaired) electrons. The van der Waals surface area contributed by atoms with Crippen LogP contribution in [0, 0.1) is 0 Å². The molecule has 6 N–H and O–H groups in total. The average molecular weight is 216 g/mol. The third-order valence-electron chi connectivity index (χ3n) is 1.58. The summed E-state index contributed by atoms with van der Waals surface area (Å²) in [6.07, 6.45) is 0. The van der Waals surface area contributed by atoms with E-state index < -0.39 is 21.4 Å². The Kier molecular flexibility index (Phi) is 3.73. The maximum Gasteiger partial charge on any atom is 0.499 e. The van der Waals surface area contributed by atoms with E-state index in [0.29, 0.717) is 11.3 Å². The number of hydrogen-bond acceptors (Lipinski definition) is 7. The SMILES string of the molecule is OB(O)c1cc(B(O)O)c(B(O)O)s1. The largest absolute Gasteiger partial charge is 0.499 e. The minimum atomic E-state index is -1.88. The van der Waals surface area contributed by atoms with Gasteiger partial charge < -0.3 is 30.1 Å². The van der Waals surface area contributed by atoms with Gasteiger partial charge in [-0.3, -0.25) is 0 Å². The first-order valence-corrected chi connectivity index (χ1v) is 4.47. The molecule has 0 saturated heterocycles. The molecule has 14 heavy (non-hydrogen) atoms. The molecule has 74 valence electrons. The van der Waals surface area contributed by atoms with Crippen LogP contribution in [0.5, 0.6) is 0 Å². The Balaban J connectivity index is 3.12. The quantitative estimate of drug-likeness (QED) is 0.280. The fraction of sp³-hybridized carbons (Fsp3) is 0. The highest BCUT2D eigenvalue weighted by Crippen LogP contribution is 1.93. The molecule has 0 aliphatic rings. The molecule has 1 aromatic heterocycles. The van der Waals surface area contributed by atoms with Gasteiger partial charge in [-0.15, -0.1) is 0 Å². The predicted molar refractivity (Wildman–Crippen MR) is 53.8 cm³/mol. The zero-order valence-corrected chi connectivity index (χ0v) is 7.72. The lowest BCUT2D eigenvalue weighted by molar-refractivity contribution is 0.420. The molecule has 6 nitrogen and oxygen atoms in total. The second-order valence-electron chi connectivity index (χ2n) is 2.59. The number of hydrogen-bond donors (Lipinski definition) is 6. The molecule has 0 aliphatic heterocycles. The monoisotopic (exact) mass is 216 g/mol. The minimum Gasteiger partial charge on any atom is -0.423 e. The van der Waals surface area contributed by atoms with Gasteiger partial charge in [0.25, 0.3) is 0 Å². The summed E-state index contributed by atoms with van der Waals surface area (Å²) in [5.41, 5.74) is -0.145. The third kappa shape index (κ3) is 2.36. The van der Waals surface area contributed by atoms with Crippen LogP contribution in [-0.4, -0.2) is 51.5 Å². The Hall–Kier alpha value is -0.345.